The van der Waals surface area contributed by atoms with E-state index < -0.39 is 0 Å². The number of carbonyl (C=O) groups is 1. The van der Waals surface area contributed by atoms with Crippen LogP contribution in [0.4, 0.5) is 0 Å². The van der Waals surface area contributed by atoms with E-state index in [2.05, 4.69) is 22.0 Å². The van der Waals surface area contributed by atoms with Gasteiger partial charge in [0.25, 0.3) is 5.91 Å². The molecule has 4 rings (SSSR count). The molecule has 1 unspecified atom stereocenters. The molecule has 1 atom stereocenters. The lowest BCUT2D eigenvalue weighted by atomic mass is 9.97. The van der Waals surface area contributed by atoms with E-state index in [9.17, 15) is 4.79 Å². The van der Waals surface area contributed by atoms with Crippen LogP contribution in [0.5, 0.6) is 0 Å². The van der Waals surface area contributed by atoms with E-state index in [0.29, 0.717) is 30.0 Å². The number of pyridine rings is 1. The maximum atomic E-state index is 13.6. The van der Waals surface area contributed by atoms with Gasteiger partial charge in [-0.15, -0.1) is 0 Å². The Balaban J connectivity index is 1.80. The van der Waals surface area contributed by atoms with Gasteiger partial charge >= 0.3 is 0 Å². The minimum absolute atomic E-state index is 0.0221. The van der Waals surface area contributed by atoms with Crippen molar-refractivity contribution in [3.05, 3.63) is 58.8 Å². The molecular weight excluding hydrogens is 390 g/mol. The van der Waals surface area contributed by atoms with Crippen LogP contribution in [0.3, 0.4) is 0 Å². The lowest BCUT2D eigenvalue weighted by Crippen LogP contribution is -2.32. The number of likely N-dealkylation sites (tertiary alicyclic amines) is 1. The first-order valence-electron chi connectivity index (χ1n) is 11.1. The first-order valence-corrected chi connectivity index (χ1v) is 11.1. The van der Waals surface area contributed by atoms with Crippen LogP contribution in [0, 0.1) is 13.8 Å². The Morgan fingerprint density at radius 2 is 2.06 bits per heavy atom. The summed E-state index contributed by atoms with van der Waals surface area (Å²) < 4.78 is 5.34. The van der Waals surface area contributed by atoms with Crippen LogP contribution in [0.25, 0.3) is 11.1 Å². The van der Waals surface area contributed by atoms with Crippen molar-refractivity contribution in [2.24, 2.45) is 0 Å². The molecule has 0 aliphatic carbocycles. The van der Waals surface area contributed by atoms with E-state index in [0.717, 1.165) is 53.9 Å². The monoisotopic (exact) mass is 419 g/mol. The van der Waals surface area contributed by atoms with Gasteiger partial charge in [0.2, 0.25) is 0 Å². The van der Waals surface area contributed by atoms with Crippen molar-refractivity contribution in [3.63, 3.8) is 0 Å². The molecule has 4 heterocycles. The Morgan fingerprint density at radius 1 is 1.23 bits per heavy atom. The van der Waals surface area contributed by atoms with Gasteiger partial charge in [-0.2, -0.15) is 0 Å². The van der Waals surface area contributed by atoms with E-state index >= 15 is 0 Å². The maximum absolute atomic E-state index is 13.6. The molecule has 3 aromatic heterocycles. The van der Waals surface area contributed by atoms with Crippen LogP contribution in [0.2, 0.25) is 0 Å². The molecule has 0 radical (unpaired) electrons. The van der Waals surface area contributed by atoms with Crippen molar-refractivity contribution in [2.45, 2.75) is 65.8 Å². The molecule has 1 aliphatic rings. The van der Waals surface area contributed by atoms with Crippen molar-refractivity contribution in [3.8, 4) is 11.1 Å². The zero-order valence-electron chi connectivity index (χ0n) is 18.7. The van der Waals surface area contributed by atoms with E-state index in [1.807, 2.05) is 37.2 Å². The topological polar surface area (TPSA) is 85.0 Å². The molecule has 31 heavy (non-hydrogen) atoms. The molecule has 162 valence electrons. The number of carbonyl (C=O) groups excluding carboxylic acids is 1. The standard InChI is InChI=1S/C24H29N5O2/c1-5-8-21-26-14-18(17-10-11-25-13-15(17)3)23(27-21)20-9-7-12-29(20)24(30)22-16(4)31-28-19(22)6-2/h10-11,13-14,20H,5-9,12H2,1-4H3. The zero-order valence-corrected chi connectivity index (χ0v) is 18.7. The first-order chi connectivity index (χ1) is 15.0. The number of aryl methyl sites for hydroxylation is 4. The van der Waals surface area contributed by atoms with Gasteiger partial charge in [0.05, 0.1) is 17.4 Å². The molecule has 1 fully saturated rings. The fourth-order valence-electron chi connectivity index (χ4n) is 4.39. The molecule has 1 amide bonds. The number of hydrogen-bond donors (Lipinski definition) is 0. The number of nitrogens with zero attached hydrogens (tertiary/aromatic N) is 5. The van der Waals surface area contributed by atoms with Crippen molar-refractivity contribution in [2.75, 3.05) is 6.54 Å². The van der Waals surface area contributed by atoms with Gasteiger partial charge in [-0.25, -0.2) is 9.97 Å². The SMILES string of the molecule is CCCc1ncc(-c2ccncc2C)c(C2CCCN2C(=O)c2c(CC)noc2C)n1. The Labute approximate surface area is 182 Å². The number of rotatable bonds is 6. The van der Waals surface area contributed by atoms with E-state index in [1.54, 1.807) is 13.1 Å². The molecule has 3 aromatic rings. The second-order valence-corrected chi connectivity index (χ2v) is 8.10. The summed E-state index contributed by atoms with van der Waals surface area (Å²) in [4.78, 5) is 29.4. The third-order valence-corrected chi connectivity index (χ3v) is 5.96. The predicted octanol–water partition coefficient (Wildman–Crippen LogP) is 4.64. The van der Waals surface area contributed by atoms with Crippen LogP contribution in [-0.2, 0) is 12.8 Å². The van der Waals surface area contributed by atoms with Gasteiger partial charge < -0.3 is 9.42 Å². The average molecular weight is 420 g/mol. The van der Waals surface area contributed by atoms with E-state index in [-0.39, 0.29) is 11.9 Å². The Kier molecular flexibility index (Phi) is 6.11. The van der Waals surface area contributed by atoms with Gasteiger partial charge in [-0.3, -0.25) is 9.78 Å². The van der Waals surface area contributed by atoms with E-state index in [4.69, 9.17) is 9.51 Å². The normalized spacial score (nSPS) is 16.1. The summed E-state index contributed by atoms with van der Waals surface area (Å²) in [5.41, 5.74) is 5.33. The number of amides is 1. The van der Waals surface area contributed by atoms with Crippen LogP contribution >= 0.6 is 0 Å². The largest absolute Gasteiger partial charge is 0.361 e. The molecule has 0 spiro atoms. The summed E-state index contributed by atoms with van der Waals surface area (Å²) >= 11 is 0. The van der Waals surface area contributed by atoms with Gasteiger partial charge in [0, 0.05) is 37.1 Å². The fraction of sp³-hybridized carbons (Fsp3) is 0.458. The molecule has 0 aromatic carbocycles. The highest BCUT2D eigenvalue weighted by Crippen LogP contribution is 2.38. The Bertz CT molecular complexity index is 1090. The molecule has 7 heteroatoms. The molecule has 0 saturated carbocycles. The summed E-state index contributed by atoms with van der Waals surface area (Å²) in [6, 6.07) is 1.89. The maximum Gasteiger partial charge on any atom is 0.259 e. The highest BCUT2D eigenvalue weighted by molar-refractivity contribution is 5.96. The van der Waals surface area contributed by atoms with E-state index in [1.165, 1.54) is 0 Å². The van der Waals surface area contributed by atoms with Crippen LogP contribution in [0.15, 0.2) is 29.2 Å². The predicted molar refractivity (Wildman–Crippen MR) is 118 cm³/mol. The van der Waals surface area contributed by atoms with Crippen molar-refractivity contribution >= 4 is 5.91 Å². The lowest BCUT2D eigenvalue weighted by molar-refractivity contribution is 0.0730. The molecule has 7 nitrogen and oxygen atoms in total. The molecule has 1 saturated heterocycles. The quantitative estimate of drug-likeness (QED) is 0.579. The summed E-state index contributed by atoms with van der Waals surface area (Å²) in [5, 5.41) is 4.08. The third kappa shape index (κ3) is 3.96. The lowest BCUT2D eigenvalue weighted by Gasteiger charge is -2.26. The summed E-state index contributed by atoms with van der Waals surface area (Å²) in [7, 11) is 0. The highest BCUT2D eigenvalue weighted by Gasteiger charge is 2.36. The van der Waals surface area contributed by atoms with Crippen LogP contribution in [0.1, 0.15) is 78.0 Å². The summed E-state index contributed by atoms with van der Waals surface area (Å²) in [6.07, 6.45) is 9.81. The minimum atomic E-state index is -0.104. The Hall–Kier alpha value is -3.09. The molecule has 0 bridgehead atoms. The van der Waals surface area contributed by atoms with Gasteiger partial charge in [-0.1, -0.05) is 19.0 Å². The first kappa shape index (κ1) is 21.2. The zero-order chi connectivity index (χ0) is 22.0. The van der Waals surface area contributed by atoms with Crippen molar-refractivity contribution in [1.29, 1.82) is 0 Å². The minimum Gasteiger partial charge on any atom is -0.361 e. The summed E-state index contributed by atoms with van der Waals surface area (Å²) in [5.74, 6) is 1.38. The summed E-state index contributed by atoms with van der Waals surface area (Å²) in [6.45, 7) is 8.65. The van der Waals surface area contributed by atoms with Gasteiger partial charge in [-0.05, 0) is 56.7 Å². The molecule has 1 aliphatic heterocycles. The average Bonchev–Trinajstić information content (AvgIpc) is 3.41. The van der Waals surface area contributed by atoms with Gasteiger partial charge in [0.1, 0.15) is 17.1 Å². The van der Waals surface area contributed by atoms with Crippen molar-refractivity contribution in [1.82, 2.24) is 25.0 Å². The third-order valence-electron chi connectivity index (χ3n) is 5.96. The smallest absolute Gasteiger partial charge is 0.259 e. The van der Waals surface area contributed by atoms with Crippen molar-refractivity contribution < 1.29 is 9.32 Å². The Morgan fingerprint density at radius 3 is 2.81 bits per heavy atom. The van der Waals surface area contributed by atoms with Crippen LogP contribution < -0.4 is 0 Å². The second-order valence-electron chi connectivity index (χ2n) is 8.10. The molecule has 0 N–H and O–H groups in total. The highest BCUT2D eigenvalue weighted by atomic mass is 16.5. The molecular formula is C24H29N5O2. The number of aromatic nitrogens is 4. The van der Waals surface area contributed by atoms with Crippen LogP contribution in [-0.4, -0.2) is 37.5 Å². The number of hydrogen-bond acceptors (Lipinski definition) is 6. The fourth-order valence-corrected chi connectivity index (χ4v) is 4.39. The van der Waals surface area contributed by atoms with Gasteiger partial charge in [0.15, 0.2) is 0 Å². The second kappa shape index (κ2) is 8.96.